The monoisotopic (exact) mass is 256 g/mol. The minimum Gasteiger partial charge on any atom is -0.493 e. The van der Waals surface area contributed by atoms with Crippen LogP contribution in [0.5, 0.6) is 5.75 Å². The minimum atomic E-state index is -4.75. The van der Waals surface area contributed by atoms with Gasteiger partial charge in [0.25, 0.3) is 0 Å². The van der Waals surface area contributed by atoms with Crippen LogP contribution in [0.25, 0.3) is 0 Å². The summed E-state index contributed by atoms with van der Waals surface area (Å²) < 4.78 is 51.0. The molecule has 0 radical (unpaired) electrons. The number of hydrogen-bond acceptors (Lipinski definition) is 3. The predicted molar refractivity (Wildman–Crippen MR) is 51.7 cm³/mol. The second-order valence-electron chi connectivity index (χ2n) is 2.76. The zero-order valence-electron chi connectivity index (χ0n) is 7.63. The lowest BCUT2D eigenvalue weighted by atomic mass is 10.2. The molecule has 0 aromatic heterocycles. The van der Waals surface area contributed by atoms with Crippen LogP contribution in [0.3, 0.4) is 0 Å². The molecule has 0 aliphatic carbocycles. The van der Waals surface area contributed by atoms with Crippen LogP contribution >= 0.6 is 11.6 Å². The van der Waals surface area contributed by atoms with E-state index in [0.29, 0.717) is 0 Å². The highest BCUT2D eigenvalue weighted by molar-refractivity contribution is 7.85. The summed E-state index contributed by atoms with van der Waals surface area (Å²) in [5.74, 6) is -2.11. The average molecular weight is 257 g/mol. The fourth-order valence-corrected chi connectivity index (χ4v) is 1.95. The van der Waals surface area contributed by atoms with Crippen molar-refractivity contribution in [1.82, 2.24) is 0 Å². The zero-order valence-corrected chi connectivity index (χ0v) is 9.20. The first kappa shape index (κ1) is 12.2. The van der Waals surface area contributed by atoms with Crippen molar-refractivity contribution in [3.05, 3.63) is 28.5 Å². The third kappa shape index (κ3) is 3.32. The summed E-state index contributed by atoms with van der Waals surface area (Å²) in [6, 6.07) is 2.09. The van der Waals surface area contributed by atoms with Gasteiger partial charge < -0.3 is 4.74 Å². The standard InChI is InChI=1S/C8H7ClF2O3S/c1-14-8-5(4-15(11,12)13)2-6(9)3-7(8)10/h2-3H,4H2,1H3. The number of benzene rings is 1. The Kier molecular flexibility index (Phi) is 3.51. The summed E-state index contributed by atoms with van der Waals surface area (Å²) in [6.45, 7) is 0. The molecular formula is C8H7ClF2O3S. The van der Waals surface area contributed by atoms with E-state index in [1.54, 1.807) is 0 Å². The van der Waals surface area contributed by atoms with E-state index in [4.69, 9.17) is 11.6 Å². The van der Waals surface area contributed by atoms with Crippen molar-refractivity contribution in [1.29, 1.82) is 0 Å². The Balaban J connectivity index is 3.27. The largest absolute Gasteiger partial charge is 0.493 e. The van der Waals surface area contributed by atoms with E-state index in [9.17, 15) is 16.7 Å². The molecule has 3 nitrogen and oxygen atoms in total. The molecule has 0 aliphatic heterocycles. The molecule has 0 atom stereocenters. The van der Waals surface area contributed by atoms with Gasteiger partial charge in [0.1, 0.15) is 5.75 Å². The van der Waals surface area contributed by atoms with E-state index in [1.807, 2.05) is 0 Å². The first-order chi connectivity index (χ1) is 6.83. The van der Waals surface area contributed by atoms with Gasteiger partial charge in [-0.05, 0) is 12.1 Å². The quantitative estimate of drug-likeness (QED) is 0.780. The van der Waals surface area contributed by atoms with Crippen molar-refractivity contribution < 1.29 is 21.4 Å². The molecule has 0 saturated carbocycles. The molecule has 7 heteroatoms. The van der Waals surface area contributed by atoms with Gasteiger partial charge >= 0.3 is 10.2 Å². The summed E-state index contributed by atoms with van der Waals surface area (Å²) in [4.78, 5) is 0. The van der Waals surface area contributed by atoms with Crippen molar-refractivity contribution in [2.75, 3.05) is 7.11 Å². The minimum absolute atomic E-state index is 0.0213. The highest BCUT2D eigenvalue weighted by Gasteiger charge is 2.17. The highest BCUT2D eigenvalue weighted by atomic mass is 35.5. The molecule has 0 saturated heterocycles. The third-order valence-corrected chi connectivity index (χ3v) is 2.49. The van der Waals surface area contributed by atoms with Gasteiger partial charge in [0.15, 0.2) is 11.6 Å². The van der Waals surface area contributed by atoms with E-state index in [1.165, 1.54) is 0 Å². The van der Waals surface area contributed by atoms with Crippen LogP contribution in [0, 0.1) is 5.82 Å². The Bertz CT molecular complexity index is 473. The van der Waals surface area contributed by atoms with Crippen molar-refractivity contribution in [3.63, 3.8) is 0 Å². The Morgan fingerprint density at radius 1 is 1.47 bits per heavy atom. The van der Waals surface area contributed by atoms with Gasteiger partial charge in [0.2, 0.25) is 0 Å². The second kappa shape index (κ2) is 4.32. The van der Waals surface area contributed by atoms with Crippen molar-refractivity contribution in [3.8, 4) is 5.75 Å². The zero-order chi connectivity index (χ0) is 11.6. The molecule has 0 amide bonds. The molecule has 84 valence electrons. The Morgan fingerprint density at radius 3 is 2.53 bits per heavy atom. The van der Waals surface area contributed by atoms with Gasteiger partial charge in [-0.2, -0.15) is 8.42 Å². The molecule has 15 heavy (non-hydrogen) atoms. The summed E-state index contributed by atoms with van der Waals surface area (Å²) >= 11 is 5.50. The number of ether oxygens (including phenoxy) is 1. The second-order valence-corrected chi connectivity index (χ2v) is 4.57. The molecule has 0 N–H and O–H groups in total. The first-order valence-electron chi connectivity index (χ1n) is 3.77. The maximum Gasteiger partial charge on any atom is 0.306 e. The van der Waals surface area contributed by atoms with E-state index in [2.05, 4.69) is 4.74 Å². The van der Waals surface area contributed by atoms with E-state index < -0.39 is 21.8 Å². The number of hydrogen-bond donors (Lipinski definition) is 0. The average Bonchev–Trinajstić information content (AvgIpc) is 1.99. The van der Waals surface area contributed by atoms with Crippen LogP contribution in [0.15, 0.2) is 12.1 Å². The van der Waals surface area contributed by atoms with Crippen LogP contribution in [0.2, 0.25) is 5.02 Å². The molecule has 0 unspecified atom stereocenters. The van der Waals surface area contributed by atoms with Gasteiger partial charge in [-0.25, -0.2) is 4.39 Å². The van der Waals surface area contributed by atoms with Crippen LogP contribution in [0.4, 0.5) is 8.28 Å². The van der Waals surface area contributed by atoms with Crippen LogP contribution in [-0.2, 0) is 16.0 Å². The SMILES string of the molecule is COc1c(F)cc(Cl)cc1CS(=O)(=O)F. The molecule has 0 fully saturated rings. The molecule has 1 rings (SSSR count). The number of methoxy groups -OCH3 is 1. The Morgan fingerprint density at radius 2 is 2.07 bits per heavy atom. The summed E-state index contributed by atoms with van der Waals surface area (Å²) in [6.07, 6.45) is 0. The third-order valence-electron chi connectivity index (χ3n) is 1.62. The number of halogens is 3. The number of rotatable bonds is 3. The smallest absolute Gasteiger partial charge is 0.306 e. The van der Waals surface area contributed by atoms with Crippen molar-refractivity contribution >= 4 is 21.8 Å². The molecule has 0 bridgehead atoms. The summed E-state index contributed by atoms with van der Waals surface area (Å²) in [5, 5.41) is -0.0213. The highest BCUT2D eigenvalue weighted by Crippen LogP contribution is 2.28. The van der Waals surface area contributed by atoms with Crippen LogP contribution < -0.4 is 4.74 Å². The van der Waals surface area contributed by atoms with Gasteiger partial charge in [-0.15, -0.1) is 3.89 Å². The van der Waals surface area contributed by atoms with E-state index >= 15 is 0 Å². The lowest BCUT2D eigenvalue weighted by molar-refractivity contribution is 0.382. The molecule has 0 spiro atoms. The first-order valence-corrected chi connectivity index (χ1v) is 5.71. The van der Waals surface area contributed by atoms with Crippen molar-refractivity contribution in [2.45, 2.75) is 5.75 Å². The normalized spacial score (nSPS) is 11.5. The lowest BCUT2D eigenvalue weighted by Crippen LogP contribution is -2.01. The summed E-state index contributed by atoms with van der Waals surface area (Å²) in [7, 11) is -3.60. The molecule has 0 heterocycles. The molecular weight excluding hydrogens is 250 g/mol. The summed E-state index contributed by atoms with van der Waals surface area (Å²) in [5.41, 5.74) is -0.148. The van der Waals surface area contributed by atoms with E-state index in [-0.39, 0.29) is 16.3 Å². The van der Waals surface area contributed by atoms with Crippen LogP contribution in [-0.4, -0.2) is 15.5 Å². The van der Waals surface area contributed by atoms with Crippen LogP contribution in [0.1, 0.15) is 5.56 Å². The maximum atomic E-state index is 13.2. The molecule has 1 aromatic rings. The van der Waals surface area contributed by atoms with Gasteiger partial charge in [0.05, 0.1) is 7.11 Å². The lowest BCUT2D eigenvalue weighted by Gasteiger charge is -2.08. The molecule has 1 aromatic carbocycles. The predicted octanol–water partition coefficient (Wildman–Crippen LogP) is 2.29. The van der Waals surface area contributed by atoms with Gasteiger partial charge in [-0.1, -0.05) is 11.6 Å². The molecule has 0 aliphatic rings. The Hall–Kier alpha value is -0.880. The maximum absolute atomic E-state index is 13.2. The van der Waals surface area contributed by atoms with Gasteiger partial charge in [-0.3, -0.25) is 0 Å². The van der Waals surface area contributed by atoms with Gasteiger partial charge in [0, 0.05) is 10.6 Å². The fourth-order valence-electron chi connectivity index (χ4n) is 1.14. The van der Waals surface area contributed by atoms with Crippen molar-refractivity contribution in [2.24, 2.45) is 0 Å². The Labute approximate surface area is 90.8 Å². The fraction of sp³-hybridized carbons (Fsp3) is 0.250. The van der Waals surface area contributed by atoms with E-state index in [0.717, 1.165) is 19.2 Å². The topological polar surface area (TPSA) is 43.4 Å².